The Balaban J connectivity index is 1.67. The number of hydrogen-bond acceptors (Lipinski definition) is 11. The van der Waals surface area contributed by atoms with Gasteiger partial charge in [-0.1, -0.05) is 22.9 Å². The molecule has 6 N–H and O–H groups in total. The predicted molar refractivity (Wildman–Crippen MR) is 129 cm³/mol. The lowest BCUT2D eigenvalue weighted by molar-refractivity contribution is -0.0503. The number of aromatic hydroxyl groups is 1. The topological polar surface area (TPSA) is 189 Å². The van der Waals surface area contributed by atoms with Crippen LogP contribution in [0.1, 0.15) is 19.6 Å². The van der Waals surface area contributed by atoms with Gasteiger partial charge < -0.3 is 35.5 Å². The first-order valence-electron chi connectivity index (χ1n) is 10.9. The van der Waals surface area contributed by atoms with Gasteiger partial charge >= 0.3 is 0 Å². The van der Waals surface area contributed by atoms with Crippen LogP contribution in [0.25, 0.3) is 22.1 Å². The second-order valence-corrected chi connectivity index (χ2v) is 9.04. The van der Waals surface area contributed by atoms with Crippen molar-refractivity contribution in [3.05, 3.63) is 29.0 Å². The SMILES string of the molecule is CCCn1c(N=Nc2nc3c(N)ncnc3n2C2OC(CO)C(O)C2O)c(O)c2cc(Br)ccc21. The molecule has 35 heavy (non-hydrogen) atoms. The Labute approximate surface area is 206 Å². The molecule has 14 heteroatoms. The average molecular weight is 547 g/mol. The van der Waals surface area contributed by atoms with Crippen LogP contribution in [0.2, 0.25) is 0 Å². The molecule has 4 atom stereocenters. The molecule has 0 amide bonds. The Kier molecular flexibility index (Phi) is 6.14. The Morgan fingerprint density at radius 2 is 2.00 bits per heavy atom. The van der Waals surface area contributed by atoms with E-state index in [4.69, 9.17) is 10.5 Å². The zero-order chi connectivity index (χ0) is 24.9. The number of fused-ring (bicyclic) bond motifs is 2. The summed E-state index contributed by atoms with van der Waals surface area (Å²) in [5.74, 6) is 0.202. The van der Waals surface area contributed by atoms with Crippen LogP contribution in [0.5, 0.6) is 5.75 Å². The van der Waals surface area contributed by atoms with E-state index in [0.29, 0.717) is 11.9 Å². The van der Waals surface area contributed by atoms with Gasteiger partial charge in [0.2, 0.25) is 0 Å². The fraction of sp³-hybridized carbons (Fsp3) is 0.381. The summed E-state index contributed by atoms with van der Waals surface area (Å²) in [5, 5.41) is 50.5. The number of halogens is 1. The van der Waals surface area contributed by atoms with Crippen LogP contribution in [-0.2, 0) is 11.3 Å². The highest BCUT2D eigenvalue weighted by atomic mass is 79.9. The van der Waals surface area contributed by atoms with Crippen molar-refractivity contribution in [3.8, 4) is 5.75 Å². The standard InChI is InChI=1S/C21H23BrN8O5/c1-2-5-29-11-4-3-9(22)6-10(11)14(32)19(29)27-28-21-26-13-17(23)24-8-25-18(13)30(21)20-16(34)15(33)12(7-31)35-20/h3-4,6,8,12,15-16,20,31-34H,2,5,7H2,1H3,(H2,23,24,25). The minimum Gasteiger partial charge on any atom is -0.504 e. The number of aryl methyl sites for hydroxylation is 1. The van der Waals surface area contributed by atoms with Crippen molar-refractivity contribution in [3.63, 3.8) is 0 Å². The fourth-order valence-electron chi connectivity index (χ4n) is 4.25. The van der Waals surface area contributed by atoms with Crippen molar-refractivity contribution < 1.29 is 25.2 Å². The highest BCUT2D eigenvalue weighted by Gasteiger charge is 2.45. The van der Waals surface area contributed by atoms with Crippen LogP contribution in [0.4, 0.5) is 17.6 Å². The van der Waals surface area contributed by atoms with Crippen molar-refractivity contribution in [2.45, 2.75) is 44.4 Å². The van der Waals surface area contributed by atoms with Gasteiger partial charge in [-0.2, -0.15) is 0 Å². The summed E-state index contributed by atoms with van der Waals surface area (Å²) in [4.78, 5) is 12.5. The van der Waals surface area contributed by atoms with Crippen LogP contribution >= 0.6 is 15.9 Å². The van der Waals surface area contributed by atoms with Crippen LogP contribution in [0, 0.1) is 0 Å². The molecular formula is C21H23BrN8O5. The maximum absolute atomic E-state index is 10.9. The number of azo groups is 1. The lowest BCUT2D eigenvalue weighted by Crippen LogP contribution is -2.33. The van der Waals surface area contributed by atoms with Gasteiger partial charge in [-0.25, -0.2) is 15.0 Å². The quantitative estimate of drug-likeness (QED) is 0.226. The van der Waals surface area contributed by atoms with Crippen molar-refractivity contribution in [2.24, 2.45) is 10.2 Å². The van der Waals surface area contributed by atoms with Gasteiger partial charge in [-0.05, 0) is 24.6 Å². The third kappa shape index (κ3) is 3.83. The van der Waals surface area contributed by atoms with E-state index >= 15 is 0 Å². The Morgan fingerprint density at radius 1 is 1.20 bits per heavy atom. The summed E-state index contributed by atoms with van der Waals surface area (Å²) < 4.78 is 9.66. The number of nitrogen functional groups attached to an aromatic ring is 1. The van der Waals surface area contributed by atoms with Crippen LogP contribution in [0.15, 0.2) is 39.2 Å². The number of nitrogens with two attached hydrogens (primary N) is 1. The minimum absolute atomic E-state index is 0.0454. The number of anilines is 1. The molecule has 4 unspecified atom stereocenters. The molecule has 1 aromatic carbocycles. The molecule has 184 valence electrons. The summed E-state index contributed by atoms with van der Waals surface area (Å²) in [6.45, 7) is 2.08. The molecule has 0 saturated carbocycles. The second-order valence-electron chi connectivity index (χ2n) is 8.13. The number of hydrogen-bond donors (Lipinski definition) is 5. The second kappa shape index (κ2) is 9.13. The lowest BCUT2D eigenvalue weighted by atomic mass is 10.1. The van der Waals surface area contributed by atoms with Gasteiger partial charge in [0.05, 0.1) is 12.1 Å². The number of aliphatic hydroxyl groups excluding tert-OH is 3. The Bertz CT molecular complexity index is 1440. The van der Waals surface area contributed by atoms with Gasteiger partial charge in [-0.15, -0.1) is 10.2 Å². The highest BCUT2D eigenvalue weighted by Crippen LogP contribution is 2.41. The van der Waals surface area contributed by atoms with Gasteiger partial charge in [0.15, 0.2) is 34.8 Å². The van der Waals surface area contributed by atoms with E-state index in [1.54, 1.807) is 6.07 Å². The molecule has 0 aliphatic carbocycles. The van der Waals surface area contributed by atoms with Crippen LogP contribution < -0.4 is 5.73 Å². The van der Waals surface area contributed by atoms with Crippen molar-refractivity contribution in [1.29, 1.82) is 0 Å². The molecule has 13 nitrogen and oxygen atoms in total. The number of imidazole rings is 1. The molecule has 4 aromatic rings. The molecule has 0 radical (unpaired) electrons. The van der Waals surface area contributed by atoms with E-state index < -0.39 is 31.1 Å². The molecule has 0 bridgehead atoms. The largest absolute Gasteiger partial charge is 0.504 e. The van der Waals surface area contributed by atoms with Gasteiger partial charge in [0, 0.05) is 16.4 Å². The van der Waals surface area contributed by atoms with Crippen LogP contribution in [-0.4, -0.2) is 69.4 Å². The van der Waals surface area contributed by atoms with E-state index in [2.05, 4.69) is 41.1 Å². The number of nitrogens with zero attached hydrogens (tertiary/aromatic N) is 7. The summed E-state index contributed by atoms with van der Waals surface area (Å²) in [6, 6.07) is 5.54. The summed E-state index contributed by atoms with van der Waals surface area (Å²) >= 11 is 3.42. The Morgan fingerprint density at radius 3 is 2.71 bits per heavy atom. The zero-order valence-corrected chi connectivity index (χ0v) is 20.1. The van der Waals surface area contributed by atoms with Gasteiger partial charge in [-0.3, -0.25) is 4.57 Å². The number of aromatic nitrogens is 5. The van der Waals surface area contributed by atoms with Gasteiger partial charge in [0.1, 0.15) is 24.6 Å². The molecule has 1 aliphatic heterocycles. The first-order chi connectivity index (χ1) is 16.8. The minimum atomic E-state index is -1.41. The molecule has 1 saturated heterocycles. The van der Waals surface area contributed by atoms with E-state index in [9.17, 15) is 20.4 Å². The van der Waals surface area contributed by atoms with E-state index in [-0.39, 0.29) is 34.5 Å². The fourth-order valence-corrected chi connectivity index (χ4v) is 4.61. The first kappa shape index (κ1) is 23.6. The summed E-state index contributed by atoms with van der Waals surface area (Å²) in [6.07, 6.45) is -2.95. The maximum Gasteiger partial charge on any atom is 0.254 e. The smallest absolute Gasteiger partial charge is 0.254 e. The number of rotatable bonds is 6. The third-order valence-corrected chi connectivity index (χ3v) is 6.40. The maximum atomic E-state index is 10.9. The molecule has 3 aromatic heterocycles. The molecule has 4 heterocycles. The van der Waals surface area contributed by atoms with E-state index in [0.717, 1.165) is 16.4 Å². The third-order valence-electron chi connectivity index (χ3n) is 5.91. The summed E-state index contributed by atoms with van der Waals surface area (Å²) in [7, 11) is 0. The number of aliphatic hydroxyl groups is 3. The van der Waals surface area contributed by atoms with Gasteiger partial charge in [0.25, 0.3) is 5.95 Å². The van der Waals surface area contributed by atoms with Crippen molar-refractivity contribution in [1.82, 2.24) is 24.1 Å². The number of benzene rings is 1. The van der Waals surface area contributed by atoms with Crippen LogP contribution in [0.3, 0.4) is 0 Å². The Hall–Kier alpha value is -3.17. The molecular weight excluding hydrogens is 524 g/mol. The first-order valence-corrected chi connectivity index (χ1v) is 11.7. The van der Waals surface area contributed by atoms with E-state index in [1.165, 1.54) is 10.9 Å². The predicted octanol–water partition coefficient (Wildman–Crippen LogP) is 2.27. The van der Waals surface area contributed by atoms with Crippen molar-refractivity contribution >= 4 is 55.6 Å². The molecule has 1 fully saturated rings. The summed E-state index contributed by atoms with van der Waals surface area (Å²) in [5.41, 5.74) is 7.15. The molecule has 1 aliphatic rings. The molecule has 0 spiro atoms. The lowest BCUT2D eigenvalue weighted by Gasteiger charge is -2.17. The highest BCUT2D eigenvalue weighted by molar-refractivity contribution is 9.10. The monoisotopic (exact) mass is 546 g/mol. The number of ether oxygens (including phenoxy) is 1. The normalized spacial score (nSPS) is 22.8. The van der Waals surface area contributed by atoms with E-state index in [1.807, 2.05) is 23.6 Å². The van der Waals surface area contributed by atoms with Crippen molar-refractivity contribution in [2.75, 3.05) is 12.3 Å². The average Bonchev–Trinajstić information content (AvgIpc) is 3.44. The zero-order valence-electron chi connectivity index (χ0n) is 18.5. The molecule has 5 rings (SSSR count).